The average Bonchev–Trinajstić information content (AvgIpc) is 2.36. The van der Waals surface area contributed by atoms with Gasteiger partial charge in [0.2, 0.25) is 7.85 Å². The van der Waals surface area contributed by atoms with Gasteiger partial charge in [0.1, 0.15) is 0 Å². The molecule has 2 nitrogen and oxygen atoms in total. The summed E-state index contributed by atoms with van der Waals surface area (Å²) < 4.78 is 22.6. The third-order valence-electron chi connectivity index (χ3n) is 2.13. The molecule has 72 valence electrons. The molecule has 4 heteroatoms. The molecule has 0 aromatic heterocycles. The van der Waals surface area contributed by atoms with Crippen LogP contribution in [0.5, 0.6) is 11.5 Å². The van der Waals surface area contributed by atoms with Gasteiger partial charge in [-0.15, -0.1) is 0 Å². The Bertz CT molecular complexity index is 363. The van der Waals surface area contributed by atoms with Crippen LogP contribution in [-0.4, -0.2) is 13.8 Å². The highest BCUT2D eigenvalue weighted by molar-refractivity contribution is 6.12. The molecule has 14 heavy (non-hydrogen) atoms. The zero-order valence-corrected chi connectivity index (χ0v) is 8.08. The van der Waals surface area contributed by atoms with Gasteiger partial charge in [0.05, 0.1) is 0 Å². The molecule has 0 saturated heterocycles. The zero-order valence-electron chi connectivity index (χ0n) is 8.08. The van der Waals surface area contributed by atoms with Crippen molar-refractivity contribution in [1.82, 2.24) is 0 Å². The van der Waals surface area contributed by atoms with Crippen molar-refractivity contribution in [1.29, 1.82) is 0 Å². The molecule has 0 saturated carbocycles. The van der Waals surface area contributed by atoms with Gasteiger partial charge in [-0.2, -0.15) is 4.39 Å². The molecule has 1 atom stereocenters. The van der Waals surface area contributed by atoms with Gasteiger partial charge in [-0.25, -0.2) is 0 Å². The first-order valence-electron chi connectivity index (χ1n) is 4.48. The summed E-state index contributed by atoms with van der Waals surface area (Å²) in [6, 6.07) is 5.28. The van der Waals surface area contributed by atoms with E-state index in [1.54, 1.807) is 12.1 Å². The number of alkyl halides is 1. The fourth-order valence-corrected chi connectivity index (χ4v) is 1.37. The van der Waals surface area contributed by atoms with E-state index in [1.165, 1.54) is 0 Å². The number of hydrogen-bond donors (Lipinski definition) is 0. The standard InChI is InChI=1S/C10H10BFO2/c1-6(2)7-3-4-8-9(5-7)14-10(11,12)13-8/h3-6H,1-2H3. The lowest BCUT2D eigenvalue weighted by Gasteiger charge is -2.11. The quantitative estimate of drug-likeness (QED) is 0.635. The van der Waals surface area contributed by atoms with Gasteiger partial charge >= 0.3 is 5.94 Å². The maximum absolute atomic E-state index is 13.1. The summed E-state index contributed by atoms with van der Waals surface area (Å²) in [6.07, 6.45) is 0. The maximum atomic E-state index is 13.1. The molecule has 0 amide bonds. The lowest BCUT2D eigenvalue weighted by molar-refractivity contribution is -0.112. The minimum absolute atomic E-state index is 0.347. The monoisotopic (exact) mass is 192 g/mol. The van der Waals surface area contributed by atoms with Crippen LogP contribution in [0.1, 0.15) is 25.3 Å². The summed E-state index contributed by atoms with van der Waals surface area (Å²) in [4.78, 5) is 0. The number of fused-ring (bicyclic) bond motifs is 1. The summed E-state index contributed by atoms with van der Waals surface area (Å²) in [5.74, 6) is -1.45. The summed E-state index contributed by atoms with van der Waals surface area (Å²) >= 11 is 0. The molecule has 0 N–H and O–H groups in total. The number of ether oxygens (including phenoxy) is 2. The Morgan fingerprint density at radius 2 is 1.93 bits per heavy atom. The minimum Gasteiger partial charge on any atom is -0.432 e. The molecule has 0 fully saturated rings. The largest absolute Gasteiger partial charge is 0.432 e. The van der Waals surface area contributed by atoms with Gasteiger partial charge < -0.3 is 9.47 Å². The first-order valence-corrected chi connectivity index (χ1v) is 4.48. The van der Waals surface area contributed by atoms with Crippen molar-refractivity contribution in [2.75, 3.05) is 0 Å². The van der Waals surface area contributed by atoms with Crippen LogP contribution in [0, 0.1) is 0 Å². The lowest BCUT2D eigenvalue weighted by atomic mass is 10.0. The molecular weight excluding hydrogens is 182 g/mol. The average molecular weight is 192 g/mol. The Labute approximate surface area is 83.4 Å². The van der Waals surface area contributed by atoms with E-state index in [0.29, 0.717) is 17.4 Å². The van der Waals surface area contributed by atoms with E-state index in [1.807, 2.05) is 19.9 Å². The molecular formula is C10H10BFO2. The van der Waals surface area contributed by atoms with E-state index >= 15 is 0 Å². The van der Waals surface area contributed by atoms with E-state index in [-0.39, 0.29) is 0 Å². The van der Waals surface area contributed by atoms with Crippen molar-refractivity contribution >= 4 is 7.85 Å². The number of benzene rings is 1. The van der Waals surface area contributed by atoms with Crippen LogP contribution in [0.15, 0.2) is 18.2 Å². The zero-order chi connectivity index (χ0) is 10.3. The Morgan fingerprint density at radius 3 is 2.57 bits per heavy atom. The van der Waals surface area contributed by atoms with Crippen LogP contribution in [0.25, 0.3) is 0 Å². The van der Waals surface area contributed by atoms with Gasteiger partial charge in [-0.3, -0.25) is 0 Å². The number of hydrogen-bond acceptors (Lipinski definition) is 2. The highest BCUT2D eigenvalue weighted by atomic mass is 19.2. The first-order chi connectivity index (χ1) is 6.48. The van der Waals surface area contributed by atoms with Gasteiger partial charge in [0, 0.05) is 0 Å². The Kier molecular flexibility index (Phi) is 1.94. The molecule has 0 spiro atoms. The predicted octanol–water partition coefficient (Wildman–Crippen LogP) is 2.33. The van der Waals surface area contributed by atoms with Gasteiger partial charge in [-0.05, 0) is 23.6 Å². The molecule has 1 unspecified atom stereocenters. The molecule has 0 aliphatic carbocycles. The number of rotatable bonds is 1. The Hall–Kier alpha value is -1.19. The Balaban J connectivity index is 2.36. The molecule has 0 bridgehead atoms. The summed E-state index contributed by atoms with van der Waals surface area (Å²) in [6.45, 7) is 4.09. The highest BCUT2D eigenvalue weighted by Gasteiger charge is 2.35. The molecule has 1 aliphatic rings. The predicted molar refractivity (Wildman–Crippen MR) is 51.4 cm³/mol. The molecule has 1 heterocycles. The van der Waals surface area contributed by atoms with Crippen molar-refractivity contribution in [3.05, 3.63) is 23.8 Å². The SMILES string of the molecule is [B]C1(F)Oc2ccc(C(C)C)cc2O1. The minimum atomic E-state index is -2.52. The third-order valence-corrected chi connectivity index (χ3v) is 2.13. The van der Waals surface area contributed by atoms with Crippen LogP contribution >= 0.6 is 0 Å². The summed E-state index contributed by atoms with van der Waals surface area (Å²) in [5, 5.41) is 0. The van der Waals surface area contributed by atoms with Crippen molar-refractivity contribution in [3.63, 3.8) is 0 Å². The molecule has 2 rings (SSSR count). The van der Waals surface area contributed by atoms with Crippen LogP contribution in [0.2, 0.25) is 0 Å². The van der Waals surface area contributed by atoms with Crippen LogP contribution in [0.3, 0.4) is 0 Å². The van der Waals surface area contributed by atoms with Crippen LogP contribution < -0.4 is 9.47 Å². The van der Waals surface area contributed by atoms with Crippen molar-refractivity contribution in [2.45, 2.75) is 25.7 Å². The third kappa shape index (κ3) is 1.56. The highest BCUT2D eigenvalue weighted by Crippen LogP contribution is 2.40. The summed E-state index contributed by atoms with van der Waals surface area (Å²) in [7, 11) is 5.04. The van der Waals surface area contributed by atoms with E-state index in [0.717, 1.165) is 5.56 Å². The van der Waals surface area contributed by atoms with Crippen molar-refractivity contribution < 1.29 is 13.9 Å². The van der Waals surface area contributed by atoms with E-state index in [4.69, 9.17) is 17.3 Å². The molecule has 2 radical (unpaired) electrons. The van der Waals surface area contributed by atoms with Gasteiger partial charge in [0.15, 0.2) is 11.5 Å². The molecule has 1 aromatic rings. The van der Waals surface area contributed by atoms with E-state index in [2.05, 4.69) is 0 Å². The van der Waals surface area contributed by atoms with Crippen molar-refractivity contribution in [2.24, 2.45) is 0 Å². The second-order valence-corrected chi connectivity index (χ2v) is 3.65. The lowest BCUT2D eigenvalue weighted by Crippen LogP contribution is -2.32. The fraction of sp³-hybridized carbons (Fsp3) is 0.400. The van der Waals surface area contributed by atoms with Gasteiger partial charge in [0.25, 0.3) is 0 Å². The van der Waals surface area contributed by atoms with Crippen LogP contribution in [-0.2, 0) is 0 Å². The Morgan fingerprint density at radius 1 is 1.29 bits per heavy atom. The van der Waals surface area contributed by atoms with Crippen molar-refractivity contribution in [3.8, 4) is 11.5 Å². The van der Waals surface area contributed by atoms with Crippen LogP contribution in [0.4, 0.5) is 4.39 Å². The van der Waals surface area contributed by atoms with Gasteiger partial charge in [-0.1, -0.05) is 19.9 Å². The van der Waals surface area contributed by atoms with E-state index < -0.39 is 5.94 Å². The second kappa shape index (κ2) is 2.90. The molecule has 1 aromatic carbocycles. The normalized spacial score (nSPS) is 24.3. The second-order valence-electron chi connectivity index (χ2n) is 3.65. The smallest absolute Gasteiger partial charge is 0.341 e. The molecule has 1 aliphatic heterocycles. The summed E-state index contributed by atoms with van der Waals surface area (Å²) in [5.41, 5.74) is 1.06. The first kappa shape index (κ1) is 9.37. The maximum Gasteiger partial charge on any atom is 0.341 e. The van der Waals surface area contributed by atoms with E-state index in [9.17, 15) is 4.39 Å². The number of halogens is 1. The fourth-order valence-electron chi connectivity index (χ4n) is 1.37. The topological polar surface area (TPSA) is 18.5 Å².